The quantitative estimate of drug-likeness (QED) is 0.537. The summed E-state index contributed by atoms with van der Waals surface area (Å²) in [5, 5.41) is 0. The number of rotatable bonds is 1. The van der Waals surface area contributed by atoms with Gasteiger partial charge in [-0.05, 0) is 6.92 Å². The van der Waals surface area contributed by atoms with E-state index in [1.54, 1.807) is 0 Å². The van der Waals surface area contributed by atoms with E-state index in [2.05, 4.69) is 38.8 Å². The summed E-state index contributed by atoms with van der Waals surface area (Å²) in [7, 11) is 0. The predicted octanol–water partition coefficient (Wildman–Crippen LogP) is 4.05. The van der Waals surface area contributed by atoms with E-state index in [-0.39, 0.29) is 3.74 Å². The molecule has 0 saturated carbocycles. The normalized spacial score (nSPS) is 11.1. The molecule has 0 heterocycles. The number of hydrogen-bond donors (Lipinski definition) is 0. The van der Waals surface area contributed by atoms with Gasteiger partial charge in [-0.1, -0.05) is 31.9 Å². The molecule has 0 bridgehead atoms. The number of benzene rings is 1. The van der Waals surface area contributed by atoms with Gasteiger partial charge in [0.25, 0.3) is 0 Å². The summed E-state index contributed by atoms with van der Waals surface area (Å²) in [5.74, 6) is -5.99. The molecule has 0 saturated heterocycles. The standard InChI is InChI=1S/C8H2Br2F4/c1-2-4(11)6(13)3(8(9)10)7(14)5(2)12/h1H2. The van der Waals surface area contributed by atoms with Crippen LogP contribution in [0.25, 0.3) is 0 Å². The van der Waals surface area contributed by atoms with Crippen LogP contribution >= 0.6 is 31.9 Å². The minimum absolute atomic E-state index is 0.210. The largest absolute Gasteiger partial charge is 0.203 e. The van der Waals surface area contributed by atoms with Gasteiger partial charge in [-0.2, -0.15) is 0 Å². The Morgan fingerprint density at radius 2 is 1.21 bits per heavy atom. The molecule has 0 aromatic heterocycles. The zero-order valence-electron chi connectivity index (χ0n) is 6.47. The van der Waals surface area contributed by atoms with Gasteiger partial charge in [0.1, 0.15) is 3.74 Å². The van der Waals surface area contributed by atoms with E-state index >= 15 is 0 Å². The fourth-order valence-corrected chi connectivity index (χ4v) is 1.54. The lowest BCUT2D eigenvalue weighted by molar-refractivity contribution is 0.443. The Kier molecular flexibility index (Phi) is 3.58. The first-order valence-electron chi connectivity index (χ1n) is 3.24. The van der Waals surface area contributed by atoms with Crippen LogP contribution in [0.15, 0.2) is 0 Å². The van der Waals surface area contributed by atoms with Crippen molar-refractivity contribution in [2.45, 2.75) is 0 Å². The molecule has 0 atom stereocenters. The molecule has 0 aliphatic carbocycles. The molecule has 14 heavy (non-hydrogen) atoms. The Hall–Kier alpha value is -0.100. The van der Waals surface area contributed by atoms with Crippen LogP contribution in [0.3, 0.4) is 0 Å². The van der Waals surface area contributed by atoms with Crippen LogP contribution in [0.2, 0.25) is 0 Å². The number of hydrogen-bond acceptors (Lipinski definition) is 0. The zero-order chi connectivity index (χ0) is 11.0. The molecule has 2 radical (unpaired) electrons. The maximum atomic E-state index is 13.1. The molecule has 0 nitrogen and oxygen atoms in total. The van der Waals surface area contributed by atoms with Crippen molar-refractivity contribution in [1.29, 1.82) is 0 Å². The first kappa shape index (κ1) is 12.0. The van der Waals surface area contributed by atoms with E-state index in [9.17, 15) is 17.6 Å². The van der Waals surface area contributed by atoms with Crippen LogP contribution in [0.1, 0.15) is 11.1 Å². The van der Waals surface area contributed by atoms with Crippen molar-refractivity contribution in [2.75, 3.05) is 0 Å². The summed E-state index contributed by atoms with van der Waals surface area (Å²) in [6.07, 6.45) is 0. The van der Waals surface area contributed by atoms with Crippen LogP contribution in [-0.2, 0) is 0 Å². The molecule has 0 N–H and O–H groups in total. The third-order valence-electron chi connectivity index (χ3n) is 1.54. The molecule has 0 spiro atoms. The Morgan fingerprint density at radius 3 is 1.50 bits per heavy atom. The maximum Gasteiger partial charge on any atom is 0.167 e. The predicted molar refractivity (Wildman–Crippen MR) is 50.9 cm³/mol. The Morgan fingerprint density at radius 1 is 0.857 bits per heavy atom. The highest BCUT2D eigenvalue weighted by Gasteiger charge is 2.26. The molecule has 0 unspecified atom stereocenters. The smallest absolute Gasteiger partial charge is 0.167 e. The maximum absolute atomic E-state index is 13.1. The second-order valence-corrected chi connectivity index (χ2v) is 5.02. The van der Waals surface area contributed by atoms with Crippen molar-refractivity contribution in [3.05, 3.63) is 45.1 Å². The van der Waals surface area contributed by atoms with Gasteiger partial charge >= 0.3 is 0 Å². The summed E-state index contributed by atoms with van der Waals surface area (Å²) < 4.78 is 51.7. The summed E-state index contributed by atoms with van der Waals surface area (Å²) in [6, 6.07) is 0. The lowest BCUT2D eigenvalue weighted by Gasteiger charge is -2.09. The summed E-state index contributed by atoms with van der Waals surface area (Å²) in [5.41, 5.74) is -1.75. The SMILES string of the molecule is [CH2]c1c(F)c(F)c([C](Br)Br)c(F)c1F. The van der Waals surface area contributed by atoms with E-state index in [1.165, 1.54) is 0 Å². The molecule has 0 aliphatic heterocycles. The van der Waals surface area contributed by atoms with E-state index in [1.807, 2.05) is 0 Å². The summed E-state index contributed by atoms with van der Waals surface area (Å²) >= 11 is 5.35. The van der Waals surface area contributed by atoms with Gasteiger partial charge in [-0.25, -0.2) is 17.6 Å². The van der Waals surface area contributed by atoms with E-state index < -0.39 is 34.4 Å². The molecule has 6 heteroatoms. The van der Waals surface area contributed by atoms with Gasteiger partial charge in [-0.15, -0.1) is 0 Å². The van der Waals surface area contributed by atoms with E-state index in [0.29, 0.717) is 0 Å². The molecule has 0 fully saturated rings. The summed E-state index contributed by atoms with van der Waals surface area (Å²) in [4.78, 5) is 0. The van der Waals surface area contributed by atoms with Crippen molar-refractivity contribution in [3.8, 4) is 0 Å². The minimum Gasteiger partial charge on any atom is -0.203 e. The Balaban J connectivity index is 3.60. The fourth-order valence-electron chi connectivity index (χ4n) is 0.843. The first-order valence-corrected chi connectivity index (χ1v) is 4.82. The van der Waals surface area contributed by atoms with Crippen molar-refractivity contribution < 1.29 is 17.6 Å². The zero-order valence-corrected chi connectivity index (χ0v) is 9.65. The third kappa shape index (κ3) is 1.82. The summed E-state index contributed by atoms with van der Waals surface area (Å²) in [6.45, 7) is 2.87. The Labute approximate surface area is 94.6 Å². The molecule has 0 aliphatic rings. The molecule has 76 valence electrons. The monoisotopic (exact) mass is 332 g/mol. The van der Waals surface area contributed by atoms with Crippen LogP contribution in [0, 0.1) is 33.9 Å². The molecule has 1 rings (SSSR count). The number of halogens is 6. The molecular formula is C8H2Br2F4. The average molecular weight is 334 g/mol. The molecule has 1 aromatic carbocycles. The van der Waals surface area contributed by atoms with Gasteiger partial charge < -0.3 is 0 Å². The van der Waals surface area contributed by atoms with Crippen molar-refractivity contribution in [2.24, 2.45) is 0 Å². The van der Waals surface area contributed by atoms with Gasteiger partial charge in [0.05, 0.1) is 5.56 Å². The van der Waals surface area contributed by atoms with Crippen LogP contribution in [0.4, 0.5) is 17.6 Å². The topological polar surface area (TPSA) is 0 Å². The van der Waals surface area contributed by atoms with Crippen LogP contribution in [-0.4, -0.2) is 0 Å². The van der Waals surface area contributed by atoms with E-state index in [0.717, 1.165) is 0 Å². The average Bonchev–Trinajstić information content (AvgIpc) is 2.11. The minimum atomic E-state index is -1.50. The third-order valence-corrected chi connectivity index (χ3v) is 2.34. The second-order valence-electron chi connectivity index (χ2n) is 2.37. The molecule has 1 aromatic rings. The molecular weight excluding hydrogens is 332 g/mol. The van der Waals surface area contributed by atoms with Gasteiger partial charge in [0.15, 0.2) is 23.3 Å². The fraction of sp³-hybridized carbons (Fsp3) is 0. The van der Waals surface area contributed by atoms with Crippen molar-refractivity contribution in [1.82, 2.24) is 0 Å². The van der Waals surface area contributed by atoms with Gasteiger partial charge in [0.2, 0.25) is 0 Å². The highest BCUT2D eigenvalue weighted by atomic mass is 79.9. The van der Waals surface area contributed by atoms with E-state index in [4.69, 9.17) is 0 Å². The lowest BCUT2D eigenvalue weighted by Crippen LogP contribution is -2.05. The van der Waals surface area contributed by atoms with Crippen LogP contribution in [0.5, 0.6) is 0 Å². The van der Waals surface area contributed by atoms with Crippen molar-refractivity contribution in [3.63, 3.8) is 0 Å². The van der Waals surface area contributed by atoms with Gasteiger partial charge in [-0.3, -0.25) is 0 Å². The first-order chi connectivity index (χ1) is 6.37. The highest BCUT2D eigenvalue weighted by molar-refractivity contribution is 9.27. The second kappa shape index (κ2) is 4.18. The molecule has 0 amide bonds. The van der Waals surface area contributed by atoms with Gasteiger partial charge in [0, 0.05) is 5.56 Å². The van der Waals surface area contributed by atoms with Crippen molar-refractivity contribution >= 4 is 31.9 Å². The van der Waals surface area contributed by atoms with Crippen LogP contribution < -0.4 is 0 Å². The highest BCUT2D eigenvalue weighted by Crippen LogP contribution is 2.35. The Bertz CT molecular complexity index is 347. The lowest BCUT2D eigenvalue weighted by atomic mass is 10.1.